The predicted octanol–water partition coefficient (Wildman–Crippen LogP) is 3.68. The van der Waals surface area contributed by atoms with Gasteiger partial charge in [0, 0.05) is 17.3 Å². The topological polar surface area (TPSA) is 58.2 Å². The van der Waals surface area contributed by atoms with E-state index in [1.165, 1.54) is 0 Å². The van der Waals surface area contributed by atoms with Crippen molar-refractivity contribution >= 4 is 29.1 Å². The number of anilines is 1. The Bertz CT molecular complexity index is 784. The highest BCUT2D eigenvalue weighted by molar-refractivity contribution is 6.31. The van der Waals surface area contributed by atoms with Gasteiger partial charge in [0.05, 0.1) is 0 Å². The van der Waals surface area contributed by atoms with E-state index in [4.69, 9.17) is 11.6 Å². The third-order valence-electron chi connectivity index (χ3n) is 4.29. The zero-order valence-electron chi connectivity index (χ0n) is 13.4. The molecule has 24 heavy (non-hydrogen) atoms. The number of halogens is 1. The maximum absolute atomic E-state index is 12.5. The molecule has 2 aromatic carbocycles. The van der Waals surface area contributed by atoms with Gasteiger partial charge in [-0.05, 0) is 49.1 Å². The molecule has 1 aliphatic carbocycles. The molecular formula is C19H19ClN2O2. The van der Waals surface area contributed by atoms with Crippen molar-refractivity contribution in [3.63, 3.8) is 0 Å². The normalized spacial score (nSPS) is 14.8. The van der Waals surface area contributed by atoms with Gasteiger partial charge in [-0.1, -0.05) is 41.9 Å². The van der Waals surface area contributed by atoms with E-state index < -0.39 is 5.41 Å². The zero-order valence-corrected chi connectivity index (χ0v) is 14.2. The second kappa shape index (κ2) is 6.65. The Kier molecular flexibility index (Phi) is 4.58. The third-order valence-corrected chi connectivity index (χ3v) is 4.66. The number of rotatable bonds is 5. The average molecular weight is 343 g/mol. The van der Waals surface area contributed by atoms with Crippen LogP contribution in [0.1, 0.15) is 24.0 Å². The van der Waals surface area contributed by atoms with Crippen LogP contribution in [0.3, 0.4) is 0 Å². The molecule has 5 heteroatoms. The summed E-state index contributed by atoms with van der Waals surface area (Å²) in [5.74, 6) is -0.489. The van der Waals surface area contributed by atoms with Gasteiger partial charge < -0.3 is 10.6 Å². The molecular weight excluding hydrogens is 324 g/mol. The number of hydrogen-bond donors (Lipinski definition) is 2. The van der Waals surface area contributed by atoms with E-state index in [0.717, 1.165) is 11.1 Å². The molecule has 0 radical (unpaired) electrons. The van der Waals surface area contributed by atoms with Gasteiger partial charge in [0.2, 0.25) is 11.8 Å². The molecule has 0 atom stereocenters. The second-order valence-electron chi connectivity index (χ2n) is 6.18. The number of carbonyl (C=O) groups is 2. The Morgan fingerprint density at radius 3 is 2.50 bits per heavy atom. The monoisotopic (exact) mass is 342 g/mol. The minimum Gasteiger partial charge on any atom is -0.351 e. The van der Waals surface area contributed by atoms with E-state index in [2.05, 4.69) is 10.6 Å². The molecule has 1 saturated carbocycles. The lowest BCUT2D eigenvalue weighted by Gasteiger charge is -2.16. The summed E-state index contributed by atoms with van der Waals surface area (Å²) < 4.78 is 0. The molecule has 1 aliphatic rings. The molecule has 1 fully saturated rings. The van der Waals surface area contributed by atoms with Crippen LogP contribution in [-0.2, 0) is 16.1 Å². The van der Waals surface area contributed by atoms with Gasteiger partial charge in [-0.15, -0.1) is 0 Å². The third kappa shape index (κ3) is 3.44. The largest absolute Gasteiger partial charge is 0.351 e. The van der Waals surface area contributed by atoms with Crippen LogP contribution in [0.15, 0.2) is 48.5 Å². The fourth-order valence-electron chi connectivity index (χ4n) is 2.64. The first kappa shape index (κ1) is 16.5. The minimum absolute atomic E-state index is 0.243. The Morgan fingerprint density at radius 2 is 1.83 bits per heavy atom. The SMILES string of the molecule is Cc1cccc(NC(=O)C2(C(=O)NCc3ccccc3Cl)CC2)c1. The summed E-state index contributed by atoms with van der Waals surface area (Å²) in [5, 5.41) is 6.29. The molecule has 0 bridgehead atoms. The first-order valence-electron chi connectivity index (χ1n) is 7.91. The van der Waals surface area contributed by atoms with Crippen LogP contribution in [0.25, 0.3) is 0 Å². The summed E-state index contributed by atoms with van der Waals surface area (Å²) in [7, 11) is 0. The standard InChI is InChI=1S/C19H19ClN2O2/c1-13-5-4-7-15(11-13)22-18(24)19(9-10-19)17(23)21-12-14-6-2-3-8-16(14)20/h2-8,11H,9-10,12H2,1H3,(H,21,23)(H,22,24). The lowest BCUT2D eigenvalue weighted by atomic mass is 10.0. The molecule has 0 aliphatic heterocycles. The highest BCUT2D eigenvalue weighted by Gasteiger charge is 2.56. The summed E-state index contributed by atoms with van der Waals surface area (Å²) in [6.07, 6.45) is 1.14. The number of carbonyl (C=O) groups excluding carboxylic acids is 2. The Morgan fingerprint density at radius 1 is 1.08 bits per heavy atom. The van der Waals surface area contributed by atoms with Crippen molar-refractivity contribution in [1.82, 2.24) is 5.32 Å². The van der Waals surface area contributed by atoms with Crippen molar-refractivity contribution in [2.24, 2.45) is 5.41 Å². The highest BCUT2D eigenvalue weighted by Crippen LogP contribution is 2.47. The lowest BCUT2D eigenvalue weighted by molar-refractivity contribution is -0.134. The van der Waals surface area contributed by atoms with Gasteiger partial charge in [-0.3, -0.25) is 9.59 Å². The molecule has 2 N–H and O–H groups in total. The van der Waals surface area contributed by atoms with Crippen molar-refractivity contribution < 1.29 is 9.59 Å². The van der Waals surface area contributed by atoms with E-state index in [1.807, 2.05) is 49.4 Å². The maximum Gasteiger partial charge on any atom is 0.240 e. The van der Waals surface area contributed by atoms with Crippen molar-refractivity contribution in [3.8, 4) is 0 Å². The number of amides is 2. The molecule has 0 unspecified atom stereocenters. The second-order valence-corrected chi connectivity index (χ2v) is 6.59. The Labute approximate surface area is 146 Å². The zero-order chi connectivity index (χ0) is 17.2. The Hall–Kier alpha value is -2.33. The fourth-order valence-corrected chi connectivity index (χ4v) is 2.84. The van der Waals surface area contributed by atoms with Crippen LogP contribution in [-0.4, -0.2) is 11.8 Å². The summed E-state index contributed by atoms with van der Waals surface area (Å²) >= 11 is 6.09. The van der Waals surface area contributed by atoms with Gasteiger partial charge in [0.15, 0.2) is 0 Å². The van der Waals surface area contributed by atoms with E-state index in [1.54, 1.807) is 6.07 Å². The summed E-state index contributed by atoms with van der Waals surface area (Å²) in [4.78, 5) is 25.0. The first-order valence-corrected chi connectivity index (χ1v) is 8.29. The molecule has 3 rings (SSSR count). The van der Waals surface area contributed by atoms with E-state index in [0.29, 0.717) is 30.1 Å². The van der Waals surface area contributed by atoms with Crippen LogP contribution in [0.2, 0.25) is 5.02 Å². The van der Waals surface area contributed by atoms with Crippen molar-refractivity contribution in [1.29, 1.82) is 0 Å². The molecule has 2 aromatic rings. The summed E-state index contributed by atoms with van der Waals surface area (Å²) in [6.45, 7) is 2.27. The quantitative estimate of drug-likeness (QED) is 0.814. The van der Waals surface area contributed by atoms with Crippen LogP contribution < -0.4 is 10.6 Å². The number of aryl methyl sites for hydroxylation is 1. The van der Waals surface area contributed by atoms with Gasteiger partial charge in [0.1, 0.15) is 5.41 Å². The first-order chi connectivity index (χ1) is 11.5. The molecule has 0 spiro atoms. The van der Waals surface area contributed by atoms with E-state index >= 15 is 0 Å². The molecule has 2 amide bonds. The van der Waals surface area contributed by atoms with Crippen molar-refractivity contribution in [3.05, 3.63) is 64.7 Å². The number of hydrogen-bond acceptors (Lipinski definition) is 2. The summed E-state index contributed by atoms with van der Waals surface area (Å²) in [6, 6.07) is 14.9. The smallest absolute Gasteiger partial charge is 0.240 e. The van der Waals surface area contributed by atoms with Crippen molar-refractivity contribution in [2.45, 2.75) is 26.3 Å². The molecule has 4 nitrogen and oxygen atoms in total. The van der Waals surface area contributed by atoms with Crippen LogP contribution in [0.4, 0.5) is 5.69 Å². The maximum atomic E-state index is 12.5. The van der Waals surface area contributed by atoms with Crippen LogP contribution in [0, 0.1) is 12.3 Å². The average Bonchev–Trinajstić information content (AvgIpc) is 3.36. The lowest BCUT2D eigenvalue weighted by Crippen LogP contribution is -2.39. The number of nitrogens with one attached hydrogen (secondary N) is 2. The molecule has 124 valence electrons. The molecule has 0 heterocycles. The van der Waals surface area contributed by atoms with Crippen molar-refractivity contribution in [2.75, 3.05) is 5.32 Å². The minimum atomic E-state index is -0.953. The predicted molar refractivity (Wildman–Crippen MR) is 94.8 cm³/mol. The van der Waals surface area contributed by atoms with Gasteiger partial charge in [-0.2, -0.15) is 0 Å². The number of benzene rings is 2. The summed E-state index contributed by atoms with van der Waals surface area (Å²) in [5.41, 5.74) is 1.65. The Balaban J connectivity index is 1.63. The van der Waals surface area contributed by atoms with Gasteiger partial charge in [-0.25, -0.2) is 0 Å². The molecule has 0 aromatic heterocycles. The van der Waals surface area contributed by atoms with Crippen LogP contribution in [0.5, 0.6) is 0 Å². The van der Waals surface area contributed by atoms with Gasteiger partial charge >= 0.3 is 0 Å². The van der Waals surface area contributed by atoms with Crippen LogP contribution >= 0.6 is 11.6 Å². The molecule has 0 saturated heterocycles. The van der Waals surface area contributed by atoms with E-state index in [-0.39, 0.29) is 11.8 Å². The van der Waals surface area contributed by atoms with E-state index in [9.17, 15) is 9.59 Å². The highest BCUT2D eigenvalue weighted by atomic mass is 35.5. The fraction of sp³-hybridized carbons (Fsp3) is 0.263. The van der Waals surface area contributed by atoms with Gasteiger partial charge in [0.25, 0.3) is 0 Å².